The molecule has 0 aromatic carbocycles. The van der Waals surface area contributed by atoms with Crippen LogP contribution in [0.2, 0.25) is 0 Å². The number of hydrogen-bond acceptors (Lipinski definition) is 3. The van der Waals surface area contributed by atoms with Crippen LogP contribution in [0.25, 0.3) is 0 Å². The number of carbonyl (C=O) groups is 1. The van der Waals surface area contributed by atoms with Crippen molar-refractivity contribution in [1.29, 1.82) is 0 Å². The van der Waals surface area contributed by atoms with Gasteiger partial charge in [-0.3, -0.25) is 0 Å². The van der Waals surface area contributed by atoms with Gasteiger partial charge in [-0.2, -0.15) is 0 Å². The van der Waals surface area contributed by atoms with Crippen LogP contribution in [0.15, 0.2) is 16.5 Å². The van der Waals surface area contributed by atoms with Crippen molar-refractivity contribution in [2.45, 2.75) is 64.5 Å². The van der Waals surface area contributed by atoms with Crippen molar-refractivity contribution in [3.63, 3.8) is 0 Å². The van der Waals surface area contributed by atoms with Crippen LogP contribution in [0.4, 0.5) is 4.79 Å². The first-order valence-electron chi connectivity index (χ1n) is 8.58. The minimum atomic E-state index is -0.0994. The molecule has 1 aliphatic heterocycles. The van der Waals surface area contributed by atoms with Gasteiger partial charge in [0.25, 0.3) is 0 Å². The SMILES string of the molecule is CO[C@@]1(C)CCCN(C(=O)N[C@H](C)CCc2ccc(C)o2)CC1. The summed E-state index contributed by atoms with van der Waals surface area (Å²) in [5.41, 5.74) is -0.0994. The molecule has 5 heteroatoms. The summed E-state index contributed by atoms with van der Waals surface area (Å²) in [5.74, 6) is 1.91. The number of urea groups is 1. The van der Waals surface area contributed by atoms with Crippen molar-refractivity contribution in [1.82, 2.24) is 10.2 Å². The van der Waals surface area contributed by atoms with Crippen LogP contribution < -0.4 is 5.32 Å². The molecule has 1 fully saturated rings. The van der Waals surface area contributed by atoms with Crippen molar-refractivity contribution < 1.29 is 13.9 Å². The van der Waals surface area contributed by atoms with Crippen LogP contribution in [-0.2, 0) is 11.2 Å². The van der Waals surface area contributed by atoms with Crippen LogP contribution in [0, 0.1) is 6.92 Å². The third-order valence-corrected chi connectivity index (χ3v) is 4.81. The van der Waals surface area contributed by atoms with E-state index in [0.29, 0.717) is 0 Å². The molecule has 0 saturated carbocycles. The number of amides is 2. The Kier molecular flexibility index (Phi) is 6.10. The maximum Gasteiger partial charge on any atom is 0.317 e. The van der Waals surface area contributed by atoms with Crippen molar-refractivity contribution >= 4 is 6.03 Å². The molecule has 5 nitrogen and oxygen atoms in total. The number of ether oxygens (including phenoxy) is 1. The van der Waals surface area contributed by atoms with E-state index in [1.165, 1.54) is 0 Å². The Labute approximate surface area is 139 Å². The average molecular weight is 322 g/mol. The van der Waals surface area contributed by atoms with Gasteiger partial charge in [-0.25, -0.2) is 4.79 Å². The standard InChI is InChI=1S/C18H30N2O3/c1-14(6-8-16-9-7-15(2)23-16)19-17(21)20-12-5-10-18(3,22-4)11-13-20/h7,9,14H,5-6,8,10-13H2,1-4H3,(H,19,21)/t14-,18+/m1/s1. The summed E-state index contributed by atoms with van der Waals surface area (Å²) in [5, 5.41) is 3.10. The molecule has 1 saturated heterocycles. The summed E-state index contributed by atoms with van der Waals surface area (Å²) in [4.78, 5) is 14.3. The number of rotatable bonds is 5. The Hall–Kier alpha value is -1.49. The highest BCUT2D eigenvalue weighted by molar-refractivity contribution is 5.74. The fourth-order valence-electron chi connectivity index (χ4n) is 3.01. The molecule has 23 heavy (non-hydrogen) atoms. The van der Waals surface area contributed by atoms with Gasteiger partial charge in [0.15, 0.2) is 0 Å². The summed E-state index contributed by atoms with van der Waals surface area (Å²) in [6, 6.07) is 4.14. The van der Waals surface area contributed by atoms with Gasteiger partial charge in [-0.15, -0.1) is 0 Å². The molecule has 130 valence electrons. The summed E-state index contributed by atoms with van der Waals surface area (Å²) >= 11 is 0. The second kappa shape index (κ2) is 7.86. The number of carbonyl (C=O) groups excluding carboxylic acids is 1. The fraction of sp³-hybridized carbons (Fsp3) is 0.722. The minimum absolute atomic E-state index is 0.0356. The Bertz CT molecular complexity index is 514. The molecule has 1 aromatic heterocycles. The average Bonchev–Trinajstić information content (AvgIpc) is 2.83. The second-order valence-corrected chi connectivity index (χ2v) is 6.90. The van der Waals surface area contributed by atoms with Gasteiger partial charge in [-0.1, -0.05) is 0 Å². The van der Waals surface area contributed by atoms with Gasteiger partial charge in [-0.05, 0) is 58.6 Å². The summed E-state index contributed by atoms with van der Waals surface area (Å²) < 4.78 is 11.2. The minimum Gasteiger partial charge on any atom is -0.466 e. The third kappa shape index (κ3) is 5.27. The number of nitrogens with one attached hydrogen (secondary N) is 1. The summed E-state index contributed by atoms with van der Waals surface area (Å²) in [6.45, 7) is 7.67. The largest absolute Gasteiger partial charge is 0.466 e. The van der Waals surface area contributed by atoms with Crippen molar-refractivity contribution in [2.75, 3.05) is 20.2 Å². The van der Waals surface area contributed by atoms with Crippen LogP contribution >= 0.6 is 0 Å². The second-order valence-electron chi connectivity index (χ2n) is 6.90. The van der Waals surface area contributed by atoms with E-state index in [0.717, 1.165) is 56.7 Å². The molecule has 2 rings (SSSR count). The van der Waals surface area contributed by atoms with Gasteiger partial charge in [0.1, 0.15) is 11.5 Å². The normalized spacial score (nSPS) is 23.4. The van der Waals surface area contributed by atoms with Gasteiger partial charge >= 0.3 is 6.03 Å². The number of hydrogen-bond donors (Lipinski definition) is 1. The molecular weight excluding hydrogens is 292 g/mol. The quantitative estimate of drug-likeness (QED) is 0.902. The lowest BCUT2D eigenvalue weighted by molar-refractivity contribution is -0.00500. The van der Waals surface area contributed by atoms with E-state index >= 15 is 0 Å². The zero-order valence-corrected chi connectivity index (χ0v) is 14.9. The smallest absolute Gasteiger partial charge is 0.317 e. The molecule has 1 aromatic rings. The Morgan fingerprint density at radius 2 is 2.22 bits per heavy atom. The molecule has 0 aliphatic carbocycles. The third-order valence-electron chi connectivity index (χ3n) is 4.81. The van der Waals surface area contributed by atoms with Crippen LogP contribution in [0.5, 0.6) is 0 Å². The lowest BCUT2D eigenvalue weighted by Gasteiger charge is -2.27. The highest BCUT2D eigenvalue weighted by atomic mass is 16.5. The Morgan fingerprint density at radius 3 is 2.87 bits per heavy atom. The molecule has 1 N–H and O–H groups in total. The van der Waals surface area contributed by atoms with Crippen molar-refractivity contribution in [3.05, 3.63) is 23.7 Å². The van der Waals surface area contributed by atoms with Crippen LogP contribution in [0.3, 0.4) is 0 Å². The number of furan rings is 1. The van der Waals surface area contributed by atoms with E-state index < -0.39 is 0 Å². The molecule has 1 aliphatic rings. The molecule has 2 amide bonds. The maximum absolute atomic E-state index is 12.4. The zero-order valence-electron chi connectivity index (χ0n) is 14.9. The zero-order chi connectivity index (χ0) is 16.9. The fourth-order valence-corrected chi connectivity index (χ4v) is 3.01. The lowest BCUT2D eigenvalue weighted by atomic mass is 9.97. The van der Waals surface area contributed by atoms with E-state index in [1.54, 1.807) is 7.11 Å². The topological polar surface area (TPSA) is 54.7 Å². The molecule has 2 atom stereocenters. The monoisotopic (exact) mass is 322 g/mol. The van der Waals surface area contributed by atoms with Crippen molar-refractivity contribution in [3.8, 4) is 0 Å². The summed E-state index contributed by atoms with van der Waals surface area (Å²) in [7, 11) is 1.76. The van der Waals surface area contributed by atoms with E-state index in [2.05, 4.69) is 12.2 Å². The van der Waals surface area contributed by atoms with Gasteiger partial charge in [0.2, 0.25) is 0 Å². The number of aryl methyl sites for hydroxylation is 2. The predicted octanol–water partition coefficient (Wildman–Crippen LogP) is 3.51. The van der Waals surface area contributed by atoms with Crippen LogP contribution in [-0.4, -0.2) is 42.8 Å². The first-order chi connectivity index (χ1) is 10.9. The Morgan fingerprint density at radius 1 is 1.43 bits per heavy atom. The van der Waals surface area contributed by atoms with E-state index in [-0.39, 0.29) is 17.7 Å². The Balaban J connectivity index is 1.76. The molecule has 0 unspecified atom stereocenters. The molecular formula is C18H30N2O3. The van der Waals surface area contributed by atoms with Crippen LogP contribution in [0.1, 0.15) is 51.1 Å². The molecule has 0 spiro atoms. The highest BCUT2D eigenvalue weighted by Crippen LogP contribution is 2.25. The van der Waals surface area contributed by atoms with Crippen molar-refractivity contribution in [2.24, 2.45) is 0 Å². The lowest BCUT2D eigenvalue weighted by Crippen LogP contribution is -2.44. The molecule has 0 bridgehead atoms. The first kappa shape index (κ1) is 17.9. The summed E-state index contributed by atoms with van der Waals surface area (Å²) in [6.07, 6.45) is 4.59. The number of methoxy groups -OCH3 is 1. The molecule has 0 radical (unpaired) electrons. The van der Waals surface area contributed by atoms with E-state index in [4.69, 9.17) is 9.15 Å². The van der Waals surface area contributed by atoms with E-state index in [1.807, 2.05) is 30.9 Å². The molecule has 2 heterocycles. The predicted molar refractivity (Wildman–Crippen MR) is 90.6 cm³/mol. The highest BCUT2D eigenvalue weighted by Gasteiger charge is 2.29. The van der Waals surface area contributed by atoms with E-state index in [9.17, 15) is 4.79 Å². The van der Waals surface area contributed by atoms with Gasteiger partial charge in [0.05, 0.1) is 5.60 Å². The maximum atomic E-state index is 12.4. The number of likely N-dealkylation sites (tertiary alicyclic amines) is 1. The first-order valence-corrected chi connectivity index (χ1v) is 8.58. The van der Waals surface area contributed by atoms with Gasteiger partial charge < -0.3 is 19.4 Å². The van der Waals surface area contributed by atoms with Gasteiger partial charge in [0, 0.05) is 32.7 Å². The number of nitrogens with zero attached hydrogens (tertiary/aromatic N) is 1.